The average Bonchev–Trinajstić information content (AvgIpc) is 1.71. The standard InChI is InChI=1S/C37H39F3N4O5.C35H35F3N4O5.C34H33F3N4O5S/c1-7-48-35(45)30-17-22(3)33(42(30)5)24-9-11-31(47-6)28(19-24)27-10-12-32(43-13-8-14-43)41-29(27)20-44-23(4)34(49-36(44)46)25-15-21(2)16-26(18-25)37(38,39)40;1-20-13-23(15-25(14-20)35(36,37)38)32-21(2)42(34(44)47-32)19-28-26(8-10-31(39-28)41-11-6-12-41)27-16-22(7-9-30(27)45-4)29-17-24(18-40(29)3)33(43)46-5;1-5-45-32(42)27-18-47-31(39-27)21-7-9-28(44-4)25(16-21)24-8-10-29(40-11-6-12-40)38-26(24)17-41-20(3)30(46-33(41)43)22-13-19(2)14-23(15-22)34(35,36)37/h9-12,15-19,23,34H,7-8,13-14,20H2,1-6H3;7-10,13-18,21,32H,6,11-12,19H2,1-5H3;7-10,13-16,18,20,30H,5-6,11-12,17H2,1-4H3/t23-,34-;21-,32-;20-,30-/m000/s1. The Hall–Kier alpha value is -14.7. The van der Waals surface area contributed by atoms with E-state index >= 15 is 0 Å². The van der Waals surface area contributed by atoms with Gasteiger partial charge in [0, 0.05) is 110 Å². The van der Waals surface area contributed by atoms with Crippen LogP contribution in [0.4, 0.5) is 71.4 Å². The Bertz CT molecular complexity index is 6870. The number of alkyl halides is 9. The van der Waals surface area contributed by atoms with E-state index in [2.05, 4.69) is 19.7 Å². The summed E-state index contributed by atoms with van der Waals surface area (Å²) in [6.07, 6.45) is -13.4. The number of thiazole rings is 1. The first kappa shape index (κ1) is 101. The first-order chi connectivity index (χ1) is 68.1. The van der Waals surface area contributed by atoms with E-state index in [-0.39, 0.29) is 55.2 Å². The zero-order chi connectivity index (χ0) is 102. The van der Waals surface area contributed by atoms with Crippen LogP contribution in [0, 0.1) is 27.7 Å². The van der Waals surface area contributed by atoms with Gasteiger partial charge in [-0.1, -0.05) is 34.9 Å². The second-order valence-electron chi connectivity index (χ2n) is 36.0. The SMILES string of the molecule is CCOC(=O)c1cc(C)c(-c2ccc(OC)c(-c3ccc(N4CCC4)nc3CN3C(=O)O[C@H](c4cc(C)cc(C(F)(F)F)c4)[C@@H]3C)c2)n1C.CCOC(=O)c1csc(-c2ccc(OC)c(-c3ccc(N4CCC4)nc3CN3C(=O)O[C@H](c4cc(C)cc(C(F)(F)F)c4)[C@@H]3C)c2)n1.COC(=O)c1cc(-c2ccc(OC)c(-c3ccc(N4CCC4)nc3CN3C(=O)O[C@H](c4cc(C)cc(C(F)(F)F)c4)[C@@H]3C)c2)n(C)c1. The molecule has 12 aromatic rings. The highest BCUT2D eigenvalue weighted by atomic mass is 32.1. The molecule has 143 heavy (non-hydrogen) atoms. The maximum absolute atomic E-state index is 13.7. The summed E-state index contributed by atoms with van der Waals surface area (Å²) in [7, 11) is 9.69. The smallest absolute Gasteiger partial charge is 0.416 e. The van der Waals surface area contributed by atoms with E-state index in [0.29, 0.717) is 89.5 Å². The number of pyridine rings is 3. The van der Waals surface area contributed by atoms with Crippen LogP contribution in [0.25, 0.3) is 66.5 Å². The highest BCUT2D eigenvalue weighted by Crippen LogP contribution is 2.48. The van der Waals surface area contributed by atoms with Crippen molar-refractivity contribution in [2.45, 2.75) is 156 Å². The second kappa shape index (κ2) is 41.5. The number of cyclic esters (lactones) is 3. The molecule has 0 radical (unpaired) electrons. The number of halogens is 9. The van der Waals surface area contributed by atoms with E-state index in [1.807, 2.05) is 121 Å². The Balaban J connectivity index is 0.000000154. The van der Waals surface area contributed by atoms with E-state index in [4.69, 9.17) is 57.6 Å². The van der Waals surface area contributed by atoms with Crippen LogP contribution >= 0.6 is 11.3 Å². The molecule has 6 aromatic carbocycles. The van der Waals surface area contributed by atoms with Crippen molar-refractivity contribution in [3.63, 3.8) is 0 Å². The zero-order valence-corrected chi connectivity index (χ0v) is 82.1. The van der Waals surface area contributed by atoms with Crippen molar-refractivity contribution in [2.24, 2.45) is 14.1 Å². The fourth-order valence-corrected chi connectivity index (χ4v) is 19.5. The molecule has 750 valence electrons. The van der Waals surface area contributed by atoms with Crippen LogP contribution in [-0.4, -0.2) is 179 Å². The third-order valence-electron chi connectivity index (χ3n) is 26.4. The van der Waals surface area contributed by atoms with Gasteiger partial charge < -0.3 is 66.5 Å². The Kier molecular flexibility index (Phi) is 29.4. The largest absolute Gasteiger partial charge is 0.496 e. The lowest BCUT2D eigenvalue weighted by molar-refractivity contribution is -0.138. The summed E-state index contributed by atoms with van der Waals surface area (Å²) in [5.74, 6) is 2.65. The van der Waals surface area contributed by atoms with Gasteiger partial charge in [0.1, 0.15) is 63.7 Å². The number of esters is 3. The number of rotatable bonds is 26. The van der Waals surface area contributed by atoms with Crippen LogP contribution in [0.1, 0.15) is 176 Å². The lowest BCUT2D eigenvalue weighted by Crippen LogP contribution is -2.38. The molecule has 0 spiro atoms. The second-order valence-corrected chi connectivity index (χ2v) is 36.8. The minimum Gasteiger partial charge on any atom is -0.496 e. The lowest BCUT2D eigenvalue weighted by atomic mass is 9.96. The number of carbonyl (C=O) groups is 6. The molecule has 0 saturated carbocycles. The van der Waals surface area contributed by atoms with E-state index in [0.717, 1.165) is 157 Å². The minimum atomic E-state index is -4.53. The summed E-state index contributed by atoms with van der Waals surface area (Å²) in [6.45, 7) is 21.3. The molecular formula is C106H107F9N12O15S. The first-order valence-corrected chi connectivity index (χ1v) is 47.5. The predicted molar refractivity (Wildman–Crippen MR) is 518 cm³/mol. The lowest BCUT2D eigenvalue weighted by Gasteiger charge is -2.33. The van der Waals surface area contributed by atoms with Crippen molar-refractivity contribution in [1.82, 2.24) is 43.8 Å². The van der Waals surface area contributed by atoms with Crippen molar-refractivity contribution >= 4 is 65.0 Å². The van der Waals surface area contributed by atoms with Crippen molar-refractivity contribution in [1.29, 1.82) is 0 Å². The van der Waals surface area contributed by atoms with Gasteiger partial charge in [-0.3, -0.25) is 14.7 Å². The molecule has 3 amide bonds. The fraction of sp³-hybridized carbons (Fsp3) is 0.358. The fourth-order valence-electron chi connectivity index (χ4n) is 18.7. The van der Waals surface area contributed by atoms with Crippen LogP contribution in [0.15, 0.2) is 169 Å². The predicted octanol–water partition coefficient (Wildman–Crippen LogP) is 22.7. The summed E-state index contributed by atoms with van der Waals surface area (Å²) in [5.41, 5.74) is 11.7. The third kappa shape index (κ3) is 21.3. The molecule has 0 bridgehead atoms. The number of carbonyl (C=O) groups excluding carboxylic acids is 6. The van der Waals surface area contributed by atoms with Gasteiger partial charge in [0.2, 0.25) is 0 Å². The summed E-state index contributed by atoms with van der Waals surface area (Å²) >= 11 is 1.31. The Morgan fingerprint density at radius 1 is 0.427 bits per heavy atom. The van der Waals surface area contributed by atoms with Gasteiger partial charge in [0.15, 0.2) is 5.69 Å². The number of ether oxygens (including phenoxy) is 9. The molecule has 6 aliphatic heterocycles. The molecule has 27 nitrogen and oxygen atoms in total. The molecule has 6 aliphatic rings. The number of anilines is 3. The van der Waals surface area contributed by atoms with Gasteiger partial charge in [0.05, 0.1) is 124 Å². The van der Waals surface area contributed by atoms with E-state index in [9.17, 15) is 68.3 Å². The highest BCUT2D eigenvalue weighted by Gasteiger charge is 2.47. The van der Waals surface area contributed by atoms with Crippen LogP contribution in [0.5, 0.6) is 17.2 Å². The van der Waals surface area contributed by atoms with Gasteiger partial charge in [-0.05, 0) is 254 Å². The Morgan fingerprint density at radius 2 is 0.790 bits per heavy atom. The third-order valence-corrected chi connectivity index (χ3v) is 27.3. The van der Waals surface area contributed by atoms with E-state index in [1.165, 1.54) is 33.1 Å². The monoisotopic (exact) mass is 1990 g/mol. The Labute approximate surface area is 823 Å². The van der Waals surface area contributed by atoms with Crippen molar-refractivity contribution in [3.05, 3.63) is 259 Å². The molecule has 6 atom stereocenters. The molecule has 18 rings (SSSR count). The van der Waals surface area contributed by atoms with Crippen LogP contribution in [-0.2, 0) is 80.7 Å². The number of nitrogens with zero attached hydrogens (tertiary/aromatic N) is 12. The first-order valence-electron chi connectivity index (χ1n) is 46.6. The van der Waals surface area contributed by atoms with Crippen LogP contribution < -0.4 is 28.9 Å². The van der Waals surface area contributed by atoms with Gasteiger partial charge in [0.25, 0.3) is 0 Å². The quantitative estimate of drug-likeness (QED) is 0.0277. The van der Waals surface area contributed by atoms with Crippen molar-refractivity contribution in [3.8, 4) is 83.7 Å². The maximum atomic E-state index is 13.7. The molecule has 0 aliphatic carbocycles. The van der Waals surface area contributed by atoms with E-state index in [1.54, 1.807) is 119 Å². The molecule has 6 aromatic heterocycles. The van der Waals surface area contributed by atoms with Crippen molar-refractivity contribution < 1.29 is 111 Å². The molecule has 37 heteroatoms. The topological polar surface area (TPSA) is 266 Å². The molecular weight excluding hydrogens is 1880 g/mol. The van der Waals surface area contributed by atoms with Gasteiger partial charge >= 0.3 is 54.7 Å². The number of aryl methyl sites for hydroxylation is 5. The van der Waals surface area contributed by atoms with Crippen molar-refractivity contribution in [2.75, 3.05) is 95.6 Å². The highest BCUT2D eigenvalue weighted by molar-refractivity contribution is 7.13. The number of hydrogen-bond acceptors (Lipinski definition) is 23. The van der Waals surface area contributed by atoms with Crippen LogP contribution in [0.3, 0.4) is 0 Å². The molecule has 0 N–H and O–H groups in total. The molecule has 6 fully saturated rings. The maximum Gasteiger partial charge on any atom is 0.416 e. The van der Waals surface area contributed by atoms with Gasteiger partial charge in [-0.15, -0.1) is 11.3 Å². The molecule has 0 unspecified atom stereocenters. The summed E-state index contributed by atoms with van der Waals surface area (Å²) in [4.78, 5) is 108. The average molecular weight is 1990 g/mol. The normalized spacial score (nSPS) is 17.7. The summed E-state index contributed by atoms with van der Waals surface area (Å²) in [5, 5.41) is 2.26. The number of methoxy groups -OCH3 is 4. The molecule has 12 heterocycles. The summed E-state index contributed by atoms with van der Waals surface area (Å²) in [6, 6.07) is 41.6. The molecule has 6 saturated heterocycles. The van der Waals surface area contributed by atoms with Gasteiger partial charge in [-0.2, -0.15) is 39.5 Å². The number of benzene rings is 6. The minimum absolute atomic E-state index is 0.0447. The van der Waals surface area contributed by atoms with Gasteiger partial charge in [-0.25, -0.2) is 48.7 Å². The van der Waals surface area contributed by atoms with Crippen LogP contribution in [0.2, 0.25) is 0 Å². The number of hydrogen-bond donors (Lipinski definition) is 0. The summed E-state index contributed by atoms with van der Waals surface area (Å²) < 4.78 is 176. The number of aromatic nitrogens is 6. The Morgan fingerprint density at radius 3 is 1.15 bits per heavy atom. The van der Waals surface area contributed by atoms with E-state index < -0.39 is 108 Å². The number of amides is 3. The zero-order valence-electron chi connectivity index (χ0n) is 81.3.